The molecule has 0 radical (unpaired) electrons. The molecule has 3 aromatic rings. The van der Waals surface area contributed by atoms with Gasteiger partial charge in [-0.15, -0.1) is 5.10 Å². The molecule has 2 N–H and O–H groups in total. The van der Waals surface area contributed by atoms with E-state index in [1.165, 1.54) is 0 Å². The van der Waals surface area contributed by atoms with Crippen LogP contribution < -0.4 is 10.6 Å². The summed E-state index contributed by atoms with van der Waals surface area (Å²) in [4.78, 5) is 16.2. The number of aryl methyl sites for hydroxylation is 1. The van der Waals surface area contributed by atoms with Crippen molar-refractivity contribution in [1.82, 2.24) is 14.6 Å². The van der Waals surface area contributed by atoms with Crippen LogP contribution in [0, 0.1) is 12.8 Å². The highest BCUT2D eigenvalue weighted by Crippen LogP contribution is 2.30. The third kappa shape index (κ3) is 3.30. The van der Waals surface area contributed by atoms with Crippen molar-refractivity contribution in [3.05, 3.63) is 52.7 Å². The highest BCUT2D eigenvalue weighted by molar-refractivity contribution is 6.31. The lowest BCUT2D eigenvalue weighted by Gasteiger charge is -2.11. The predicted molar refractivity (Wildman–Crippen MR) is 97.9 cm³/mol. The average molecular weight is 356 g/mol. The van der Waals surface area contributed by atoms with Gasteiger partial charge in [0.1, 0.15) is 0 Å². The topological polar surface area (TPSA) is 71.3 Å². The summed E-state index contributed by atoms with van der Waals surface area (Å²) in [6.45, 7) is 2.58. The number of amides is 1. The molecule has 128 valence electrons. The van der Waals surface area contributed by atoms with Crippen LogP contribution in [0.4, 0.5) is 11.6 Å². The molecule has 1 amide bonds. The summed E-state index contributed by atoms with van der Waals surface area (Å²) in [6.07, 6.45) is 1.91. The number of carbonyl (C=O) groups excluding carboxylic acids is 1. The fourth-order valence-corrected chi connectivity index (χ4v) is 2.90. The first-order valence-corrected chi connectivity index (χ1v) is 8.64. The van der Waals surface area contributed by atoms with E-state index in [4.69, 9.17) is 11.6 Å². The number of nitrogens with one attached hydrogen (secondary N) is 2. The highest BCUT2D eigenvalue weighted by Gasteiger charge is 2.30. The van der Waals surface area contributed by atoms with Crippen LogP contribution >= 0.6 is 11.6 Å². The summed E-state index contributed by atoms with van der Waals surface area (Å²) in [5.74, 6) is 0.481. The molecular formula is C18H18ClN5O. The number of pyridine rings is 1. The minimum Gasteiger partial charge on any atom is -0.379 e. The van der Waals surface area contributed by atoms with Crippen LogP contribution in [0.25, 0.3) is 5.65 Å². The van der Waals surface area contributed by atoms with E-state index in [-0.39, 0.29) is 11.8 Å². The van der Waals surface area contributed by atoms with Crippen LogP contribution in [0.1, 0.15) is 24.1 Å². The monoisotopic (exact) mass is 355 g/mol. The van der Waals surface area contributed by atoms with Crippen LogP contribution in [0.5, 0.6) is 0 Å². The number of nitrogens with zero attached hydrogens (tertiary/aromatic N) is 3. The molecule has 25 heavy (non-hydrogen) atoms. The van der Waals surface area contributed by atoms with Crippen LogP contribution in [-0.4, -0.2) is 20.5 Å². The molecule has 0 atom stereocenters. The van der Waals surface area contributed by atoms with E-state index < -0.39 is 0 Å². The van der Waals surface area contributed by atoms with Gasteiger partial charge >= 0.3 is 0 Å². The standard InChI is InChI=1S/C18H18ClN5O/c1-11-15(20-10-13-4-2-3-5-14(13)19)8-9-16-21-18(23-24(11)16)22-17(25)12-6-7-12/h2-5,8-9,12,20H,6-7,10H2,1H3,(H,22,23,25). The first-order valence-electron chi connectivity index (χ1n) is 8.26. The lowest BCUT2D eigenvalue weighted by atomic mass is 10.2. The van der Waals surface area contributed by atoms with Crippen molar-refractivity contribution in [1.29, 1.82) is 0 Å². The minimum absolute atomic E-state index is 0.00521. The number of halogens is 1. The van der Waals surface area contributed by atoms with Gasteiger partial charge in [-0.2, -0.15) is 4.98 Å². The molecule has 1 saturated carbocycles. The summed E-state index contributed by atoms with van der Waals surface area (Å²) >= 11 is 6.20. The number of anilines is 2. The second-order valence-electron chi connectivity index (χ2n) is 6.25. The van der Waals surface area contributed by atoms with Gasteiger partial charge in [-0.05, 0) is 43.5 Å². The van der Waals surface area contributed by atoms with Crippen molar-refractivity contribution in [2.24, 2.45) is 5.92 Å². The molecule has 7 heteroatoms. The number of aromatic nitrogens is 3. The number of benzene rings is 1. The lowest BCUT2D eigenvalue weighted by molar-refractivity contribution is -0.117. The molecule has 1 fully saturated rings. The van der Waals surface area contributed by atoms with Gasteiger partial charge in [0, 0.05) is 17.5 Å². The Kier molecular flexibility index (Phi) is 4.05. The summed E-state index contributed by atoms with van der Waals surface area (Å²) in [5.41, 5.74) is 3.59. The van der Waals surface area contributed by atoms with Gasteiger partial charge in [0.25, 0.3) is 0 Å². The summed E-state index contributed by atoms with van der Waals surface area (Å²) in [6, 6.07) is 11.6. The third-order valence-electron chi connectivity index (χ3n) is 4.35. The number of fused-ring (bicyclic) bond motifs is 1. The van der Waals surface area contributed by atoms with Crippen molar-refractivity contribution in [2.75, 3.05) is 10.6 Å². The molecule has 0 spiro atoms. The molecule has 4 rings (SSSR count). The molecular weight excluding hydrogens is 338 g/mol. The Hall–Kier alpha value is -2.60. The quantitative estimate of drug-likeness (QED) is 0.732. The summed E-state index contributed by atoms with van der Waals surface area (Å²) < 4.78 is 1.73. The largest absolute Gasteiger partial charge is 0.379 e. The maximum atomic E-state index is 11.9. The first-order chi connectivity index (χ1) is 12.1. The normalized spacial score (nSPS) is 13.8. The SMILES string of the molecule is Cc1c(NCc2ccccc2Cl)ccc2nc(NC(=O)C3CC3)nn12. The number of hydrogen-bond donors (Lipinski definition) is 2. The minimum atomic E-state index is 0.00521. The zero-order chi connectivity index (χ0) is 17.4. The second kappa shape index (κ2) is 6.37. The smallest absolute Gasteiger partial charge is 0.249 e. The van der Waals surface area contributed by atoms with Gasteiger partial charge in [-0.3, -0.25) is 10.1 Å². The van der Waals surface area contributed by atoms with E-state index in [0.29, 0.717) is 18.1 Å². The number of carbonyl (C=O) groups is 1. The summed E-state index contributed by atoms with van der Waals surface area (Å²) in [7, 11) is 0. The Morgan fingerprint density at radius 1 is 1.28 bits per heavy atom. The van der Waals surface area contributed by atoms with Gasteiger partial charge in [0.15, 0.2) is 5.65 Å². The Labute approximate surface area is 150 Å². The Morgan fingerprint density at radius 3 is 2.84 bits per heavy atom. The van der Waals surface area contributed by atoms with Gasteiger partial charge < -0.3 is 5.32 Å². The van der Waals surface area contributed by atoms with Crippen molar-refractivity contribution >= 4 is 34.8 Å². The molecule has 2 heterocycles. The maximum absolute atomic E-state index is 11.9. The molecule has 0 bridgehead atoms. The van der Waals surface area contributed by atoms with Gasteiger partial charge in [0.2, 0.25) is 11.9 Å². The Bertz CT molecular complexity index is 948. The molecule has 1 aliphatic carbocycles. The van der Waals surface area contributed by atoms with E-state index in [9.17, 15) is 4.79 Å². The Morgan fingerprint density at radius 2 is 2.08 bits per heavy atom. The zero-order valence-corrected chi connectivity index (χ0v) is 14.5. The van der Waals surface area contributed by atoms with E-state index in [2.05, 4.69) is 20.7 Å². The average Bonchev–Trinajstić information content (AvgIpc) is 3.37. The molecule has 0 unspecified atom stereocenters. The van der Waals surface area contributed by atoms with Crippen molar-refractivity contribution in [2.45, 2.75) is 26.3 Å². The van der Waals surface area contributed by atoms with E-state index in [1.54, 1.807) is 4.52 Å². The number of hydrogen-bond acceptors (Lipinski definition) is 4. The number of rotatable bonds is 5. The molecule has 0 saturated heterocycles. The van der Waals surface area contributed by atoms with Crippen molar-refractivity contribution in [3.63, 3.8) is 0 Å². The van der Waals surface area contributed by atoms with Crippen LogP contribution in [-0.2, 0) is 11.3 Å². The van der Waals surface area contributed by atoms with Crippen LogP contribution in [0.15, 0.2) is 36.4 Å². The van der Waals surface area contributed by atoms with E-state index >= 15 is 0 Å². The predicted octanol–water partition coefficient (Wildman–Crippen LogP) is 3.65. The van der Waals surface area contributed by atoms with Gasteiger partial charge in [-0.25, -0.2) is 4.52 Å². The van der Waals surface area contributed by atoms with E-state index in [0.717, 1.165) is 34.8 Å². The zero-order valence-electron chi connectivity index (χ0n) is 13.8. The first kappa shape index (κ1) is 15.9. The molecule has 0 aliphatic heterocycles. The maximum Gasteiger partial charge on any atom is 0.249 e. The lowest BCUT2D eigenvalue weighted by Crippen LogP contribution is -2.14. The van der Waals surface area contributed by atoms with Crippen LogP contribution in [0.3, 0.4) is 0 Å². The second-order valence-corrected chi connectivity index (χ2v) is 6.65. The van der Waals surface area contributed by atoms with Gasteiger partial charge in [0.05, 0.1) is 11.4 Å². The molecule has 1 aliphatic rings. The summed E-state index contributed by atoms with van der Waals surface area (Å²) in [5, 5.41) is 11.3. The Balaban J connectivity index is 1.54. The van der Waals surface area contributed by atoms with Crippen molar-refractivity contribution in [3.8, 4) is 0 Å². The molecule has 1 aromatic carbocycles. The van der Waals surface area contributed by atoms with Gasteiger partial charge in [-0.1, -0.05) is 29.8 Å². The van der Waals surface area contributed by atoms with Crippen molar-refractivity contribution < 1.29 is 4.79 Å². The van der Waals surface area contributed by atoms with Crippen LogP contribution in [0.2, 0.25) is 5.02 Å². The highest BCUT2D eigenvalue weighted by atomic mass is 35.5. The molecule has 2 aromatic heterocycles. The third-order valence-corrected chi connectivity index (χ3v) is 4.72. The fraction of sp³-hybridized carbons (Fsp3) is 0.278. The van der Waals surface area contributed by atoms with E-state index in [1.807, 2.05) is 43.3 Å². The molecule has 6 nitrogen and oxygen atoms in total. The fourth-order valence-electron chi connectivity index (χ4n) is 2.70.